The van der Waals surface area contributed by atoms with Gasteiger partial charge in [-0.15, -0.1) is 0 Å². The Kier molecular flexibility index (Phi) is 3.74. The molecule has 9 nitrogen and oxygen atoms in total. The van der Waals surface area contributed by atoms with E-state index in [1.807, 2.05) is 41.1 Å². The first-order valence-corrected chi connectivity index (χ1v) is 9.09. The minimum atomic E-state index is -0.411. The van der Waals surface area contributed by atoms with E-state index in [-0.39, 0.29) is 24.8 Å². The largest absolute Gasteiger partial charge is 0.395 e. The molecule has 1 atom stereocenters. The summed E-state index contributed by atoms with van der Waals surface area (Å²) in [5.74, 6) is 0.510. The Morgan fingerprint density at radius 1 is 1.21 bits per heavy atom. The summed E-state index contributed by atoms with van der Waals surface area (Å²) in [5.41, 5.74) is 1.65. The Bertz CT molecular complexity index is 1310. The minimum Gasteiger partial charge on any atom is -0.395 e. The predicted molar refractivity (Wildman–Crippen MR) is 102 cm³/mol. The van der Waals surface area contributed by atoms with Gasteiger partial charge in [-0.25, -0.2) is 4.79 Å². The van der Waals surface area contributed by atoms with Crippen LogP contribution in [0.15, 0.2) is 46.1 Å². The van der Waals surface area contributed by atoms with E-state index in [1.165, 1.54) is 9.13 Å². The van der Waals surface area contributed by atoms with Gasteiger partial charge in [0.05, 0.1) is 31.6 Å². The summed E-state index contributed by atoms with van der Waals surface area (Å²) in [6.45, 7) is 1.04. The lowest BCUT2D eigenvalue weighted by molar-refractivity contribution is 0.278. The molecule has 1 unspecified atom stereocenters. The summed E-state index contributed by atoms with van der Waals surface area (Å²) in [4.78, 5) is 30.3. The first kappa shape index (κ1) is 17.0. The van der Waals surface area contributed by atoms with Crippen molar-refractivity contribution < 1.29 is 9.84 Å². The number of aliphatic hydroxyl groups excluding tert-OH is 1. The Hall–Kier alpha value is -3.17. The van der Waals surface area contributed by atoms with Crippen LogP contribution in [0, 0.1) is 0 Å². The third kappa shape index (κ3) is 2.44. The van der Waals surface area contributed by atoms with Gasteiger partial charge in [0.1, 0.15) is 0 Å². The Balaban J connectivity index is 1.85. The minimum absolute atomic E-state index is 0.0738. The molecule has 0 bridgehead atoms. The molecule has 0 spiro atoms. The molecule has 1 N–H and O–H groups in total. The molecule has 9 heteroatoms. The molecule has 0 radical (unpaired) electrons. The van der Waals surface area contributed by atoms with E-state index in [2.05, 4.69) is 4.98 Å². The maximum atomic E-state index is 13.1. The molecule has 1 fully saturated rings. The van der Waals surface area contributed by atoms with E-state index in [4.69, 9.17) is 4.74 Å². The van der Waals surface area contributed by atoms with E-state index in [9.17, 15) is 14.7 Å². The number of aliphatic hydroxyl groups is 1. The number of rotatable bonds is 5. The lowest BCUT2D eigenvalue weighted by Crippen LogP contribution is -2.40. The molecule has 144 valence electrons. The Morgan fingerprint density at radius 2 is 1.96 bits per heavy atom. The quantitative estimate of drug-likeness (QED) is 0.498. The van der Waals surface area contributed by atoms with Crippen molar-refractivity contribution in [3.8, 4) is 11.3 Å². The SMILES string of the molecule is Cn1c(=O)n(CC2CO2)c(=O)c2c1nc1n(CCO)c(-c3ccccc3)cn21. The van der Waals surface area contributed by atoms with Crippen molar-refractivity contribution in [2.75, 3.05) is 13.2 Å². The van der Waals surface area contributed by atoms with Crippen LogP contribution in [0.5, 0.6) is 0 Å². The van der Waals surface area contributed by atoms with Gasteiger partial charge >= 0.3 is 5.69 Å². The van der Waals surface area contributed by atoms with Gasteiger partial charge in [0.2, 0.25) is 5.78 Å². The highest BCUT2D eigenvalue weighted by Crippen LogP contribution is 2.25. The average molecular weight is 381 g/mol. The second-order valence-corrected chi connectivity index (χ2v) is 6.92. The lowest BCUT2D eigenvalue weighted by atomic mass is 10.2. The maximum Gasteiger partial charge on any atom is 0.332 e. The number of epoxide rings is 1. The molecule has 28 heavy (non-hydrogen) atoms. The second kappa shape index (κ2) is 6.18. The predicted octanol–water partition coefficient (Wildman–Crippen LogP) is 0.207. The lowest BCUT2D eigenvalue weighted by Gasteiger charge is -2.07. The van der Waals surface area contributed by atoms with E-state index in [1.54, 1.807) is 11.4 Å². The van der Waals surface area contributed by atoms with Crippen molar-refractivity contribution in [1.29, 1.82) is 0 Å². The molecule has 1 aliphatic rings. The number of nitrogens with zero attached hydrogens (tertiary/aromatic N) is 5. The van der Waals surface area contributed by atoms with Crippen LogP contribution in [-0.4, -0.2) is 47.5 Å². The van der Waals surface area contributed by atoms with Gasteiger partial charge in [-0.1, -0.05) is 30.3 Å². The third-order valence-corrected chi connectivity index (χ3v) is 5.12. The van der Waals surface area contributed by atoms with Gasteiger partial charge < -0.3 is 14.4 Å². The summed E-state index contributed by atoms with van der Waals surface area (Å²) >= 11 is 0. The number of fused-ring (bicyclic) bond motifs is 3. The third-order valence-electron chi connectivity index (χ3n) is 5.12. The normalized spacial score (nSPS) is 16.3. The highest BCUT2D eigenvalue weighted by Gasteiger charge is 2.27. The molecule has 0 aliphatic carbocycles. The summed E-state index contributed by atoms with van der Waals surface area (Å²) < 4.78 is 11.4. The van der Waals surface area contributed by atoms with Gasteiger partial charge in [-0.05, 0) is 5.56 Å². The number of benzene rings is 1. The van der Waals surface area contributed by atoms with Gasteiger partial charge in [-0.2, -0.15) is 4.98 Å². The van der Waals surface area contributed by atoms with Gasteiger partial charge in [0.15, 0.2) is 11.2 Å². The topological polar surface area (TPSA) is 99.0 Å². The van der Waals surface area contributed by atoms with Crippen molar-refractivity contribution in [2.24, 2.45) is 7.05 Å². The zero-order valence-corrected chi connectivity index (χ0v) is 15.3. The average Bonchev–Trinajstić information content (AvgIpc) is 3.35. The van der Waals surface area contributed by atoms with Crippen LogP contribution < -0.4 is 11.2 Å². The molecule has 4 aromatic rings. The first-order valence-electron chi connectivity index (χ1n) is 9.09. The van der Waals surface area contributed by atoms with Crippen LogP contribution in [-0.2, 0) is 24.9 Å². The van der Waals surface area contributed by atoms with Gasteiger partial charge in [0.25, 0.3) is 5.56 Å². The van der Waals surface area contributed by atoms with E-state index in [0.29, 0.717) is 30.1 Å². The molecule has 4 heterocycles. The number of hydrogen-bond acceptors (Lipinski definition) is 5. The summed E-state index contributed by atoms with van der Waals surface area (Å²) in [7, 11) is 1.61. The van der Waals surface area contributed by atoms with Crippen LogP contribution in [0.1, 0.15) is 0 Å². The molecule has 1 aliphatic heterocycles. The monoisotopic (exact) mass is 381 g/mol. The second-order valence-electron chi connectivity index (χ2n) is 6.92. The van der Waals surface area contributed by atoms with Crippen molar-refractivity contribution in [3.05, 3.63) is 57.4 Å². The standard InChI is InChI=1S/C19H19N5O4/c1-21-16-15(17(26)24(19(21)27)9-13-11-28-13)23-10-14(12-5-3-2-4-6-12)22(7-8-25)18(23)20-16/h2-6,10,13,25H,7-9,11H2,1H3. The molecule has 0 saturated carbocycles. The van der Waals surface area contributed by atoms with Crippen LogP contribution >= 0.6 is 0 Å². The fraction of sp³-hybridized carbons (Fsp3) is 0.316. The van der Waals surface area contributed by atoms with E-state index < -0.39 is 5.69 Å². The zero-order chi connectivity index (χ0) is 19.4. The van der Waals surface area contributed by atoms with Gasteiger partial charge in [-0.3, -0.25) is 18.3 Å². The molecule has 1 aromatic carbocycles. The molecule has 1 saturated heterocycles. The van der Waals surface area contributed by atoms with E-state index in [0.717, 1.165) is 11.3 Å². The summed E-state index contributed by atoms with van der Waals surface area (Å²) in [6, 6.07) is 9.71. The van der Waals surface area contributed by atoms with Crippen molar-refractivity contribution in [3.63, 3.8) is 0 Å². The number of hydrogen-bond donors (Lipinski definition) is 1. The van der Waals surface area contributed by atoms with Crippen LogP contribution in [0.25, 0.3) is 28.2 Å². The van der Waals surface area contributed by atoms with Gasteiger partial charge in [0, 0.05) is 19.8 Å². The van der Waals surface area contributed by atoms with E-state index >= 15 is 0 Å². The van der Waals surface area contributed by atoms with Crippen molar-refractivity contribution >= 4 is 16.9 Å². The number of imidazole rings is 2. The van der Waals surface area contributed by atoms with Crippen LogP contribution in [0.3, 0.4) is 0 Å². The number of aromatic nitrogens is 5. The summed E-state index contributed by atoms with van der Waals surface area (Å²) in [5, 5.41) is 9.55. The Morgan fingerprint density at radius 3 is 2.64 bits per heavy atom. The summed E-state index contributed by atoms with van der Waals surface area (Å²) in [6.07, 6.45) is 1.74. The molecule has 5 rings (SSSR count). The molecular weight excluding hydrogens is 362 g/mol. The molecule has 3 aromatic heterocycles. The smallest absolute Gasteiger partial charge is 0.332 e. The first-order chi connectivity index (χ1) is 13.6. The highest BCUT2D eigenvalue weighted by molar-refractivity contribution is 5.78. The number of aryl methyl sites for hydroxylation is 1. The zero-order valence-electron chi connectivity index (χ0n) is 15.3. The maximum absolute atomic E-state index is 13.1. The fourth-order valence-electron chi connectivity index (χ4n) is 3.64. The molecular formula is C19H19N5O4. The van der Waals surface area contributed by atoms with Crippen LogP contribution in [0.4, 0.5) is 0 Å². The highest BCUT2D eigenvalue weighted by atomic mass is 16.6. The van der Waals surface area contributed by atoms with Crippen molar-refractivity contribution in [1.82, 2.24) is 23.1 Å². The molecule has 0 amide bonds. The number of ether oxygens (including phenoxy) is 1. The van der Waals surface area contributed by atoms with Crippen molar-refractivity contribution in [2.45, 2.75) is 19.2 Å². The van der Waals surface area contributed by atoms with Crippen LogP contribution in [0.2, 0.25) is 0 Å². The Labute approximate surface area is 158 Å². The fourth-order valence-corrected chi connectivity index (χ4v) is 3.64.